The molecule has 2 saturated heterocycles. The molecule has 2 aliphatic rings. The molecule has 0 unspecified atom stereocenters. The third-order valence-electron chi connectivity index (χ3n) is 6.10. The van der Waals surface area contributed by atoms with Gasteiger partial charge in [0, 0.05) is 38.8 Å². The lowest BCUT2D eigenvalue weighted by Gasteiger charge is -2.42. The number of benzene rings is 1. The van der Waals surface area contributed by atoms with Gasteiger partial charge in [0.05, 0.1) is 31.1 Å². The first kappa shape index (κ1) is 17.9. The fraction of sp³-hybridized carbons (Fsp3) is 0.684. The van der Waals surface area contributed by atoms with Gasteiger partial charge < -0.3 is 4.48 Å². The lowest BCUT2D eigenvalue weighted by molar-refractivity contribution is -0.923. The van der Waals surface area contributed by atoms with E-state index in [-0.39, 0.29) is 0 Å². The van der Waals surface area contributed by atoms with E-state index in [0.717, 1.165) is 34.0 Å². The minimum atomic E-state index is -3.38. The number of sulfonamides is 1. The Labute approximate surface area is 147 Å². The maximum atomic E-state index is 13.2. The maximum Gasteiger partial charge on any atom is 0.243 e. The molecule has 1 aromatic carbocycles. The Morgan fingerprint density at radius 2 is 1.50 bits per heavy atom. The van der Waals surface area contributed by atoms with Crippen LogP contribution < -0.4 is 0 Å². The molecule has 2 aliphatic heterocycles. The van der Waals surface area contributed by atoms with Gasteiger partial charge in [-0.15, -0.1) is 0 Å². The normalized spacial score (nSPS) is 22.8. The molecule has 4 nitrogen and oxygen atoms in total. The molecule has 1 aromatic rings. The maximum absolute atomic E-state index is 13.2. The van der Waals surface area contributed by atoms with E-state index in [2.05, 4.69) is 7.05 Å². The zero-order chi connectivity index (χ0) is 17.5. The molecular weight excluding hydrogens is 320 g/mol. The lowest BCUT2D eigenvalue weighted by atomic mass is 10.0. The molecule has 0 spiro atoms. The molecule has 0 saturated carbocycles. The lowest BCUT2D eigenvalue weighted by Crippen LogP contribution is -2.55. The van der Waals surface area contributed by atoms with Crippen molar-refractivity contribution < 1.29 is 12.9 Å². The highest BCUT2D eigenvalue weighted by atomic mass is 32.2. The summed E-state index contributed by atoms with van der Waals surface area (Å²) in [7, 11) is -1.02. The third-order valence-corrected chi connectivity index (χ3v) is 8.30. The van der Waals surface area contributed by atoms with E-state index in [9.17, 15) is 8.42 Å². The quantitative estimate of drug-likeness (QED) is 0.785. The summed E-state index contributed by atoms with van der Waals surface area (Å²) in [5.41, 5.74) is 2.86. The predicted molar refractivity (Wildman–Crippen MR) is 97.6 cm³/mol. The van der Waals surface area contributed by atoms with E-state index < -0.39 is 10.0 Å². The average Bonchev–Trinajstić information content (AvgIpc) is 2.94. The summed E-state index contributed by atoms with van der Waals surface area (Å²) < 4.78 is 29.2. The van der Waals surface area contributed by atoms with Crippen molar-refractivity contribution in [2.75, 3.05) is 33.2 Å². The Hall–Kier alpha value is -0.910. The number of hydrogen-bond acceptors (Lipinski definition) is 2. The molecule has 0 aliphatic carbocycles. The second kappa shape index (κ2) is 6.43. The number of rotatable bonds is 3. The van der Waals surface area contributed by atoms with Crippen LogP contribution in [0.2, 0.25) is 0 Å². The van der Waals surface area contributed by atoms with Crippen molar-refractivity contribution in [1.82, 2.24) is 4.31 Å². The van der Waals surface area contributed by atoms with Gasteiger partial charge in [0.25, 0.3) is 0 Å². The Bertz CT molecular complexity index is 690. The predicted octanol–water partition coefficient (Wildman–Crippen LogP) is 3.01. The van der Waals surface area contributed by atoms with Gasteiger partial charge in [-0.3, -0.25) is 0 Å². The number of likely N-dealkylation sites (tertiary alicyclic amines) is 1. The second-order valence-corrected chi connectivity index (χ2v) is 9.87. The molecule has 0 atom stereocenters. The fourth-order valence-electron chi connectivity index (χ4n) is 4.83. The molecule has 0 aromatic heterocycles. The van der Waals surface area contributed by atoms with Crippen LogP contribution >= 0.6 is 0 Å². The minimum Gasteiger partial charge on any atom is -0.324 e. The Morgan fingerprint density at radius 3 is 2.00 bits per heavy atom. The van der Waals surface area contributed by atoms with Gasteiger partial charge in [-0.25, -0.2) is 8.42 Å². The van der Waals surface area contributed by atoms with Gasteiger partial charge in [0.2, 0.25) is 10.0 Å². The zero-order valence-electron chi connectivity index (χ0n) is 15.5. The Balaban J connectivity index is 1.78. The highest BCUT2D eigenvalue weighted by Gasteiger charge is 2.40. The van der Waals surface area contributed by atoms with Gasteiger partial charge in [-0.05, 0) is 31.9 Å². The molecule has 2 heterocycles. The number of hydrogen-bond donors (Lipinski definition) is 0. The van der Waals surface area contributed by atoms with Crippen LogP contribution in [0.5, 0.6) is 0 Å². The SMILES string of the molecule is Cc1cc(C)c(S(=O)(=O)N2CCC([N+]3(C)CCCC3)CC2)c(C)c1. The molecule has 0 N–H and O–H groups in total. The first-order valence-electron chi connectivity index (χ1n) is 9.16. The van der Waals surface area contributed by atoms with Gasteiger partial charge in [-0.1, -0.05) is 17.7 Å². The van der Waals surface area contributed by atoms with Crippen LogP contribution in [0, 0.1) is 20.8 Å². The molecule has 24 heavy (non-hydrogen) atoms. The third kappa shape index (κ3) is 3.14. The highest BCUT2D eigenvalue weighted by Crippen LogP contribution is 2.31. The largest absolute Gasteiger partial charge is 0.324 e. The van der Waals surface area contributed by atoms with Crippen molar-refractivity contribution in [1.29, 1.82) is 0 Å². The van der Waals surface area contributed by atoms with Gasteiger partial charge in [0.15, 0.2) is 0 Å². The minimum absolute atomic E-state index is 0.521. The van der Waals surface area contributed by atoms with Crippen LogP contribution in [0.3, 0.4) is 0 Å². The molecule has 134 valence electrons. The molecule has 0 radical (unpaired) electrons. The van der Waals surface area contributed by atoms with Crippen LogP contribution in [0.15, 0.2) is 17.0 Å². The number of aryl methyl sites for hydroxylation is 3. The van der Waals surface area contributed by atoms with Crippen LogP contribution in [0.25, 0.3) is 0 Å². The summed E-state index contributed by atoms with van der Waals surface area (Å²) >= 11 is 0. The monoisotopic (exact) mass is 351 g/mol. The van der Waals surface area contributed by atoms with Crippen LogP contribution in [-0.2, 0) is 10.0 Å². The summed E-state index contributed by atoms with van der Waals surface area (Å²) in [6.07, 6.45) is 4.60. The van der Waals surface area contributed by atoms with E-state index in [0.29, 0.717) is 24.0 Å². The first-order valence-corrected chi connectivity index (χ1v) is 10.6. The molecule has 2 fully saturated rings. The molecule has 0 amide bonds. The van der Waals surface area contributed by atoms with E-state index in [1.807, 2.05) is 32.9 Å². The van der Waals surface area contributed by atoms with Crippen LogP contribution in [0.4, 0.5) is 0 Å². The first-order chi connectivity index (χ1) is 11.2. The van der Waals surface area contributed by atoms with Crippen LogP contribution in [0.1, 0.15) is 42.4 Å². The summed E-state index contributed by atoms with van der Waals surface area (Å²) in [5.74, 6) is 0. The standard InChI is InChI=1S/C19H31N2O2S/c1-15-13-16(2)19(17(3)14-15)24(22,23)20-9-7-18(8-10-20)21(4)11-5-6-12-21/h13-14,18H,5-12H2,1-4H3/q+1. The van der Waals surface area contributed by atoms with E-state index >= 15 is 0 Å². The smallest absolute Gasteiger partial charge is 0.243 e. The van der Waals surface area contributed by atoms with Gasteiger partial charge >= 0.3 is 0 Å². The Morgan fingerprint density at radius 1 is 1.00 bits per heavy atom. The van der Waals surface area contributed by atoms with Crippen molar-refractivity contribution in [2.24, 2.45) is 0 Å². The fourth-order valence-corrected chi connectivity index (χ4v) is 6.71. The van der Waals surface area contributed by atoms with Crippen LogP contribution in [-0.4, -0.2) is 56.5 Å². The van der Waals surface area contributed by atoms with Gasteiger partial charge in [-0.2, -0.15) is 4.31 Å². The van der Waals surface area contributed by atoms with Crippen molar-refractivity contribution in [3.8, 4) is 0 Å². The van der Waals surface area contributed by atoms with E-state index in [1.165, 1.54) is 25.9 Å². The summed E-state index contributed by atoms with van der Waals surface area (Å²) in [6, 6.07) is 4.57. The second-order valence-electron chi connectivity index (χ2n) is 8.00. The Kier molecular flexibility index (Phi) is 4.80. The van der Waals surface area contributed by atoms with E-state index in [1.54, 1.807) is 4.31 Å². The van der Waals surface area contributed by atoms with Crippen molar-refractivity contribution in [3.05, 3.63) is 28.8 Å². The molecular formula is C19H31N2O2S+. The summed E-state index contributed by atoms with van der Waals surface area (Å²) in [6.45, 7) is 9.68. The molecule has 5 heteroatoms. The van der Waals surface area contributed by atoms with Crippen molar-refractivity contribution >= 4 is 10.0 Å². The number of nitrogens with zero attached hydrogens (tertiary/aromatic N) is 2. The number of quaternary nitrogens is 1. The van der Waals surface area contributed by atoms with Crippen molar-refractivity contribution in [2.45, 2.75) is 57.4 Å². The van der Waals surface area contributed by atoms with E-state index in [4.69, 9.17) is 0 Å². The number of piperidine rings is 1. The van der Waals surface area contributed by atoms with Gasteiger partial charge in [0.1, 0.15) is 0 Å². The van der Waals surface area contributed by atoms with Crippen molar-refractivity contribution in [3.63, 3.8) is 0 Å². The molecule has 0 bridgehead atoms. The summed E-state index contributed by atoms with van der Waals surface area (Å²) in [4.78, 5) is 0.521. The highest BCUT2D eigenvalue weighted by molar-refractivity contribution is 7.89. The topological polar surface area (TPSA) is 37.4 Å². The zero-order valence-corrected chi connectivity index (χ0v) is 16.3. The summed E-state index contributed by atoms with van der Waals surface area (Å²) in [5, 5.41) is 0. The average molecular weight is 352 g/mol. The molecule has 3 rings (SSSR count).